The van der Waals surface area contributed by atoms with Crippen LogP contribution >= 0.6 is 0 Å². The Labute approximate surface area is 90.9 Å². The van der Waals surface area contributed by atoms with Crippen LogP contribution in [0.25, 0.3) is 0 Å². The molecule has 0 aliphatic heterocycles. The molecule has 0 bridgehead atoms. The number of methoxy groups -OCH3 is 1. The third kappa shape index (κ3) is 2.58. The number of aryl methyl sites for hydroxylation is 1. The fourth-order valence-corrected chi connectivity index (χ4v) is 1.48. The molecule has 0 unspecified atom stereocenters. The van der Waals surface area contributed by atoms with E-state index >= 15 is 0 Å². The highest BCUT2D eigenvalue weighted by Gasteiger charge is 2.06. The van der Waals surface area contributed by atoms with Crippen molar-refractivity contribution in [2.24, 2.45) is 0 Å². The van der Waals surface area contributed by atoms with E-state index in [0.717, 1.165) is 17.5 Å². The lowest BCUT2D eigenvalue weighted by Crippen LogP contribution is -2.07. The van der Waals surface area contributed by atoms with Crippen LogP contribution in [0.15, 0.2) is 23.0 Å². The Morgan fingerprint density at radius 3 is 2.47 bits per heavy atom. The minimum atomic E-state index is 0.00639. The standard InChI is InChI=1S/C13H18O2/c1-5-10-6-7-11(9(2)3)8-12(15-4)13(10)14/h6-9H,5H2,1-4H3. The molecule has 1 aromatic rings. The summed E-state index contributed by atoms with van der Waals surface area (Å²) in [6.07, 6.45) is 0.738. The molecule has 1 rings (SSSR count). The lowest BCUT2D eigenvalue weighted by Gasteiger charge is -2.02. The fourth-order valence-electron chi connectivity index (χ4n) is 1.48. The fraction of sp³-hybridized carbons (Fsp3) is 0.462. The summed E-state index contributed by atoms with van der Waals surface area (Å²) in [7, 11) is 1.54. The van der Waals surface area contributed by atoms with Crippen molar-refractivity contribution >= 4 is 0 Å². The minimum Gasteiger partial charge on any atom is -0.493 e. The number of hydrogen-bond donors (Lipinski definition) is 0. The third-order valence-electron chi connectivity index (χ3n) is 2.56. The van der Waals surface area contributed by atoms with Crippen molar-refractivity contribution in [1.29, 1.82) is 0 Å². The van der Waals surface area contributed by atoms with Gasteiger partial charge >= 0.3 is 0 Å². The molecule has 2 nitrogen and oxygen atoms in total. The first-order chi connectivity index (χ1) is 7.10. The predicted molar refractivity (Wildman–Crippen MR) is 62.7 cm³/mol. The molecule has 0 saturated heterocycles. The molecule has 0 radical (unpaired) electrons. The summed E-state index contributed by atoms with van der Waals surface area (Å²) in [5, 5.41) is 0. The maximum Gasteiger partial charge on any atom is 0.223 e. The second-order valence-electron chi connectivity index (χ2n) is 3.91. The van der Waals surface area contributed by atoms with Gasteiger partial charge < -0.3 is 4.74 Å². The highest BCUT2D eigenvalue weighted by Crippen LogP contribution is 2.17. The van der Waals surface area contributed by atoms with Gasteiger partial charge in [-0.1, -0.05) is 32.9 Å². The van der Waals surface area contributed by atoms with E-state index < -0.39 is 0 Å². The Morgan fingerprint density at radius 2 is 2.00 bits per heavy atom. The van der Waals surface area contributed by atoms with Gasteiger partial charge in [0.1, 0.15) is 0 Å². The van der Waals surface area contributed by atoms with Crippen molar-refractivity contribution in [3.05, 3.63) is 39.5 Å². The summed E-state index contributed by atoms with van der Waals surface area (Å²) < 4.78 is 5.13. The third-order valence-corrected chi connectivity index (χ3v) is 2.56. The van der Waals surface area contributed by atoms with Gasteiger partial charge in [-0.25, -0.2) is 0 Å². The van der Waals surface area contributed by atoms with E-state index in [2.05, 4.69) is 13.8 Å². The Bertz CT molecular complexity index is 394. The van der Waals surface area contributed by atoms with E-state index in [9.17, 15) is 4.79 Å². The highest BCUT2D eigenvalue weighted by atomic mass is 16.5. The smallest absolute Gasteiger partial charge is 0.223 e. The zero-order valence-electron chi connectivity index (χ0n) is 9.83. The molecule has 82 valence electrons. The normalized spacial score (nSPS) is 10.5. The van der Waals surface area contributed by atoms with E-state index in [1.54, 1.807) is 7.11 Å². The molecule has 0 atom stereocenters. The lowest BCUT2D eigenvalue weighted by molar-refractivity contribution is 0.410. The molecule has 0 aliphatic carbocycles. The van der Waals surface area contributed by atoms with E-state index in [-0.39, 0.29) is 5.43 Å². The van der Waals surface area contributed by atoms with Crippen molar-refractivity contribution in [1.82, 2.24) is 0 Å². The molecule has 0 N–H and O–H groups in total. The molecule has 0 fully saturated rings. The molecule has 0 spiro atoms. The maximum atomic E-state index is 11.9. The van der Waals surface area contributed by atoms with Gasteiger partial charge in [0, 0.05) is 5.56 Å². The SMILES string of the molecule is CCc1ccc(C(C)C)cc(OC)c1=O. The minimum absolute atomic E-state index is 0.00639. The lowest BCUT2D eigenvalue weighted by atomic mass is 10.1. The largest absolute Gasteiger partial charge is 0.493 e. The van der Waals surface area contributed by atoms with E-state index in [1.165, 1.54) is 0 Å². The molecule has 0 heterocycles. The van der Waals surface area contributed by atoms with Crippen molar-refractivity contribution < 1.29 is 4.74 Å². The summed E-state index contributed by atoms with van der Waals surface area (Å²) in [6.45, 7) is 6.18. The first-order valence-corrected chi connectivity index (χ1v) is 5.31. The van der Waals surface area contributed by atoms with Gasteiger partial charge in [0.05, 0.1) is 7.11 Å². The van der Waals surface area contributed by atoms with Gasteiger partial charge in [0.15, 0.2) is 5.75 Å². The Hall–Kier alpha value is -1.31. The zero-order chi connectivity index (χ0) is 11.4. The Kier molecular flexibility index (Phi) is 3.89. The molecule has 2 heteroatoms. The number of ether oxygens (including phenoxy) is 1. The van der Waals surface area contributed by atoms with Crippen LogP contribution in [0.3, 0.4) is 0 Å². The van der Waals surface area contributed by atoms with E-state index in [0.29, 0.717) is 11.7 Å². The molecular weight excluding hydrogens is 188 g/mol. The Morgan fingerprint density at radius 1 is 1.33 bits per heavy atom. The highest BCUT2D eigenvalue weighted by molar-refractivity contribution is 5.33. The topological polar surface area (TPSA) is 26.3 Å². The monoisotopic (exact) mass is 206 g/mol. The van der Waals surface area contributed by atoms with Crippen molar-refractivity contribution in [3.8, 4) is 5.75 Å². The zero-order valence-corrected chi connectivity index (χ0v) is 9.83. The van der Waals surface area contributed by atoms with E-state index in [1.807, 2.05) is 25.1 Å². The summed E-state index contributed by atoms with van der Waals surface area (Å²) in [5.74, 6) is 0.843. The number of rotatable bonds is 3. The molecule has 0 aliphatic rings. The summed E-state index contributed by atoms with van der Waals surface area (Å²) in [5.41, 5.74) is 1.94. The van der Waals surface area contributed by atoms with Crippen LogP contribution in [0.5, 0.6) is 5.75 Å². The first-order valence-electron chi connectivity index (χ1n) is 5.31. The molecule has 15 heavy (non-hydrogen) atoms. The van der Waals surface area contributed by atoms with Crippen LogP contribution in [-0.2, 0) is 6.42 Å². The van der Waals surface area contributed by atoms with Crippen molar-refractivity contribution in [2.75, 3.05) is 7.11 Å². The van der Waals surface area contributed by atoms with Crippen LogP contribution in [0.1, 0.15) is 37.8 Å². The van der Waals surface area contributed by atoms with Crippen LogP contribution in [0.2, 0.25) is 0 Å². The molecular formula is C13H18O2. The van der Waals surface area contributed by atoms with Crippen LogP contribution in [0.4, 0.5) is 0 Å². The van der Waals surface area contributed by atoms with Gasteiger partial charge in [-0.15, -0.1) is 0 Å². The summed E-state index contributed by atoms with van der Waals surface area (Å²) >= 11 is 0. The molecule has 0 aromatic heterocycles. The van der Waals surface area contributed by atoms with Crippen LogP contribution in [0, 0.1) is 0 Å². The average Bonchev–Trinajstić information content (AvgIpc) is 2.37. The second-order valence-corrected chi connectivity index (χ2v) is 3.91. The van der Waals surface area contributed by atoms with Crippen LogP contribution < -0.4 is 10.2 Å². The summed E-state index contributed by atoms with van der Waals surface area (Å²) in [4.78, 5) is 11.9. The second kappa shape index (κ2) is 4.96. The number of hydrogen-bond acceptors (Lipinski definition) is 2. The predicted octanol–water partition coefficient (Wildman–Crippen LogP) is 2.74. The maximum absolute atomic E-state index is 11.9. The molecule has 1 aromatic carbocycles. The van der Waals surface area contributed by atoms with Crippen LogP contribution in [-0.4, -0.2) is 7.11 Å². The quantitative estimate of drug-likeness (QED) is 0.760. The van der Waals surface area contributed by atoms with Gasteiger partial charge in [0.25, 0.3) is 0 Å². The first kappa shape index (κ1) is 11.8. The van der Waals surface area contributed by atoms with Gasteiger partial charge in [-0.2, -0.15) is 0 Å². The summed E-state index contributed by atoms with van der Waals surface area (Å²) in [6, 6.07) is 5.75. The van der Waals surface area contributed by atoms with Crippen molar-refractivity contribution in [2.45, 2.75) is 33.1 Å². The van der Waals surface area contributed by atoms with Crippen molar-refractivity contribution in [3.63, 3.8) is 0 Å². The molecule has 0 saturated carbocycles. The Balaban J connectivity index is 3.45. The van der Waals surface area contributed by atoms with Gasteiger partial charge in [-0.3, -0.25) is 4.79 Å². The van der Waals surface area contributed by atoms with Gasteiger partial charge in [0.2, 0.25) is 5.43 Å². The average molecular weight is 206 g/mol. The van der Waals surface area contributed by atoms with E-state index in [4.69, 9.17) is 4.74 Å². The molecule has 0 amide bonds. The van der Waals surface area contributed by atoms with Gasteiger partial charge in [-0.05, 0) is 24.0 Å².